The molecule has 0 aromatic rings. The molecule has 39 heavy (non-hydrogen) atoms. The van der Waals surface area contributed by atoms with Crippen LogP contribution in [0.2, 0.25) is 0 Å². The zero-order valence-electron chi connectivity index (χ0n) is 17.6. The van der Waals surface area contributed by atoms with Crippen LogP contribution < -0.4 is 0 Å². The topological polar surface area (TPSA) is 0 Å². The zero-order valence-corrected chi connectivity index (χ0v) is 18.4. The van der Waals surface area contributed by atoms with Gasteiger partial charge in [-0.25, -0.2) is 13.2 Å². The van der Waals surface area contributed by atoms with Gasteiger partial charge in [-0.3, -0.25) is 0 Å². The Morgan fingerprint density at radius 2 is 0.923 bits per heavy atom. The van der Waals surface area contributed by atoms with Crippen LogP contribution in [0.25, 0.3) is 0 Å². The second-order valence-electron chi connectivity index (χ2n) is 6.44. The average molecular weight is 655 g/mol. The quantitative estimate of drug-likeness (QED) is 0.229. The summed E-state index contributed by atoms with van der Waals surface area (Å²) >= 11 is 4.08. The molecule has 0 aromatic heterocycles. The lowest BCUT2D eigenvalue weighted by Crippen LogP contribution is -2.64. The monoisotopic (exact) mass is 654 g/mol. The van der Waals surface area contributed by atoms with E-state index < -0.39 is 90.6 Å². The Morgan fingerprint density at radius 3 is 1.13 bits per heavy atom. The van der Waals surface area contributed by atoms with Gasteiger partial charge in [0.15, 0.2) is 0 Å². The molecule has 23 heteroatoms. The van der Waals surface area contributed by atoms with Crippen LogP contribution in [-0.2, 0) is 0 Å². The van der Waals surface area contributed by atoms with Crippen molar-refractivity contribution in [2.75, 3.05) is 6.67 Å². The Labute approximate surface area is 206 Å². The SMILES string of the molecule is C=C(F)F.FC(F)=C(F)Cl.FCC(F)(C=C(F)F)C(F)(F)C(F)(F)C(F)(F)CCC(F)(C(F)(F)F)C(F)(F)F. The van der Waals surface area contributed by atoms with Gasteiger partial charge < -0.3 is 0 Å². The van der Waals surface area contributed by atoms with Gasteiger partial charge in [0.1, 0.15) is 6.67 Å². The van der Waals surface area contributed by atoms with Crippen molar-refractivity contribution in [3.63, 3.8) is 0 Å². The van der Waals surface area contributed by atoms with Crippen molar-refractivity contribution < 1.29 is 96.6 Å². The number of rotatable bonds is 8. The molecule has 1 unspecified atom stereocenters. The van der Waals surface area contributed by atoms with Gasteiger partial charge in [0, 0.05) is 18.9 Å². The van der Waals surface area contributed by atoms with Crippen LogP contribution in [0, 0.1) is 0 Å². The number of hydrogen-bond donors (Lipinski definition) is 0. The lowest BCUT2D eigenvalue weighted by atomic mass is 9.86. The number of hydrogen-bond acceptors (Lipinski definition) is 0. The fourth-order valence-electron chi connectivity index (χ4n) is 1.81. The summed E-state index contributed by atoms with van der Waals surface area (Å²) in [7, 11) is 0. The minimum absolute atomic E-state index is 1.83. The standard InChI is InChI=1S/C12H7F17.C2ClF3.C2H2F2/c13-4-6(16,3-5(14)15)9(20,21)10(22,23)8(18,19)2-1-7(17,11(24,25)26)12(27,28)29;3-1(4)2(5)6;1-2(3)4/h3H,1-2,4H2;;1H2. The third-order valence-corrected chi connectivity index (χ3v) is 3.88. The van der Waals surface area contributed by atoms with Crippen LogP contribution in [0.15, 0.2) is 36.2 Å². The van der Waals surface area contributed by atoms with Crippen LogP contribution in [-0.4, -0.2) is 48.1 Å². The van der Waals surface area contributed by atoms with E-state index in [9.17, 15) is 96.6 Å². The summed E-state index contributed by atoms with van der Waals surface area (Å²) in [5, 5.41) is -1.94. The van der Waals surface area contributed by atoms with E-state index in [4.69, 9.17) is 0 Å². The summed E-state index contributed by atoms with van der Waals surface area (Å²) in [6, 6.07) is 0. The zero-order chi connectivity index (χ0) is 32.6. The molecule has 0 bridgehead atoms. The van der Waals surface area contributed by atoms with Gasteiger partial charge in [0.2, 0.25) is 5.67 Å². The average Bonchev–Trinajstić information content (AvgIpc) is 2.69. The second-order valence-corrected chi connectivity index (χ2v) is 6.77. The van der Waals surface area contributed by atoms with E-state index in [-0.39, 0.29) is 0 Å². The van der Waals surface area contributed by atoms with Gasteiger partial charge >= 0.3 is 36.2 Å². The first-order valence-corrected chi connectivity index (χ1v) is 8.79. The minimum Gasteiger partial charge on any atom is -0.247 e. The highest BCUT2D eigenvalue weighted by atomic mass is 35.5. The van der Waals surface area contributed by atoms with Gasteiger partial charge in [-0.05, 0) is 18.2 Å². The first kappa shape index (κ1) is 41.5. The van der Waals surface area contributed by atoms with Crippen molar-refractivity contribution in [3.8, 4) is 0 Å². The fraction of sp³-hybridized carbons (Fsp3) is 0.625. The molecule has 0 N–H and O–H groups in total. The first-order valence-electron chi connectivity index (χ1n) is 8.42. The van der Waals surface area contributed by atoms with Gasteiger partial charge in [0.25, 0.3) is 23.1 Å². The van der Waals surface area contributed by atoms with Crippen LogP contribution in [0.4, 0.5) is 96.6 Å². The summed E-state index contributed by atoms with van der Waals surface area (Å²) in [5.74, 6) is -21.2. The summed E-state index contributed by atoms with van der Waals surface area (Å²) < 4.78 is 269. The van der Waals surface area contributed by atoms with Gasteiger partial charge in [-0.2, -0.15) is 83.4 Å². The normalized spacial score (nSPS) is 14.6. The molecule has 0 aromatic carbocycles. The Kier molecular flexibility index (Phi) is 14.9. The molecule has 0 aliphatic carbocycles. The van der Waals surface area contributed by atoms with E-state index in [1.165, 1.54) is 0 Å². The summed E-state index contributed by atoms with van der Waals surface area (Å²) in [6.45, 7) is -1.25. The van der Waals surface area contributed by atoms with Crippen molar-refractivity contribution in [2.45, 2.75) is 54.3 Å². The maximum absolute atomic E-state index is 13.5. The Balaban J connectivity index is -0.00000109. The molecule has 0 heterocycles. The van der Waals surface area contributed by atoms with Crippen LogP contribution >= 0.6 is 11.6 Å². The molecule has 234 valence electrons. The van der Waals surface area contributed by atoms with Crippen LogP contribution in [0.5, 0.6) is 0 Å². The van der Waals surface area contributed by atoms with Crippen LogP contribution in [0.1, 0.15) is 12.8 Å². The summed E-state index contributed by atoms with van der Waals surface area (Å²) in [5.41, 5.74) is -12.4. The van der Waals surface area contributed by atoms with Crippen molar-refractivity contribution in [1.82, 2.24) is 0 Å². The Bertz CT molecular complexity index is 811. The van der Waals surface area contributed by atoms with E-state index in [2.05, 4.69) is 18.2 Å². The molecular formula is C16H9ClF22. The third kappa shape index (κ3) is 10.8. The molecule has 0 aliphatic rings. The summed E-state index contributed by atoms with van der Waals surface area (Å²) in [6.07, 6.45) is -30.9. The number of allylic oxidation sites excluding steroid dienone is 1. The number of halogens is 23. The lowest BCUT2D eigenvalue weighted by Gasteiger charge is -2.39. The van der Waals surface area contributed by atoms with E-state index in [1.54, 1.807) is 0 Å². The van der Waals surface area contributed by atoms with Crippen molar-refractivity contribution >= 4 is 11.6 Å². The number of alkyl halides is 15. The predicted molar refractivity (Wildman–Crippen MR) is 87.7 cm³/mol. The predicted octanol–water partition coefficient (Wildman–Crippen LogP) is 10.6. The minimum atomic E-state index is -7.33. The van der Waals surface area contributed by atoms with Gasteiger partial charge in [-0.1, -0.05) is 0 Å². The van der Waals surface area contributed by atoms with E-state index in [0.717, 1.165) is 0 Å². The molecule has 0 saturated carbocycles. The molecule has 1 atom stereocenters. The van der Waals surface area contributed by atoms with Gasteiger partial charge in [0.05, 0.1) is 0 Å². The van der Waals surface area contributed by atoms with Crippen LogP contribution in [0.3, 0.4) is 0 Å². The Morgan fingerprint density at radius 1 is 0.615 bits per heavy atom. The largest absolute Gasteiger partial charge is 0.431 e. The molecule has 0 rings (SSSR count). The maximum Gasteiger partial charge on any atom is 0.431 e. The fourth-order valence-corrected chi connectivity index (χ4v) is 1.81. The van der Waals surface area contributed by atoms with E-state index in [1.807, 2.05) is 0 Å². The van der Waals surface area contributed by atoms with E-state index in [0.29, 0.717) is 0 Å². The second kappa shape index (κ2) is 14.0. The molecule has 0 spiro atoms. The van der Waals surface area contributed by atoms with Gasteiger partial charge in [-0.15, -0.1) is 0 Å². The molecule has 0 saturated heterocycles. The van der Waals surface area contributed by atoms with E-state index >= 15 is 0 Å². The third-order valence-electron chi connectivity index (χ3n) is 3.73. The molecule has 0 aliphatic heterocycles. The summed E-state index contributed by atoms with van der Waals surface area (Å²) in [4.78, 5) is 0. The molecule has 0 amide bonds. The van der Waals surface area contributed by atoms with Crippen molar-refractivity contribution in [2.24, 2.45) is 0 Å². The Hall–Kier alpha value is -2.03. The molecule has 0 fully saturated rings. The molecule has 0 nitrogen and oxygen atoms in total. The highest BCUT2D eigenvalue weighted by molar-refractivity contribution is 6.28. The first-order chi connectivity index (χ1) is 16.8. The lowest BCUT2D eigenvalue weighted by molar-refractivity contribution is -0.359. The molecule has 0 radical (unpaired) electrons. The smallest absolute Gasteiger partial charge is 0.247 e. The van der Waals surface area contributed by atoms with Crippen molar-refractivity contribution in [1.29, 1.82) is 0 Å². The van der Waals surface area contributed by atoms with Crippen molar-refractivity contribution in [3.05, 3.63) is 36.2 Å². The highest BCUT2D eigenvalue weighted by Crippen LogP contribution is 2.56. The molecular weight excluding hydrogens is 646 g/mol. The maximum atomic E-state index is 13.5. The highest BCUT2D eigenvalue weighted by Gasteiger charge is 2.80.